The second-order valence-corrected chi connectivity index (χ2v) is 9.32. The summed E-state index contributed by atoms with van der Waals surface area (Å²) >= 11 is 5.54. The Morgan fingerprint density at radius 2 is 1.88 bits per heavy atom. The zero-order chi connectivity index (χ0) is 17.8. The van der Waals surface area contributed by atoms with Gasteiger partial charge in [0.1, 0.15) is 0 Å². The lowest BCUT2D eigenvalue weighted by Crippen LogP contribution is -2.23. The number of fused-ring (bicyclic) bond motifs is 2. The van der Waals surface area contributed by atoms with Crippen LogP contribution in [-0.2, 0) is 6.42 Å². The average Bonchev–Trinajstić information content (AvgIpc) is 3.40. The molecule has 1 unspecified atom stereocenters. The van der Waals surface area contributed by atoms with E-state index in [1.165, 1.54) is 45.3 Å². The molecule has 2 heterocycles. The second kappa shape index (κ2) is 6.28. The Morgan fingerprint density at radius 3 is 2.65 bits per heavy atom. The highest BCUT2D eigenvalue weighted by atomic mass is 79.9. The van der Waals surface area contributed by atoms with Gasteiger partial charge in [0, 0.05) is 22.3 Å². The van der Waals surface area contributed by atoms with Crippen molar-refractivity contribution < 1.29 is 0 Å². The lowest BCUT2D eigenvalue weighted by molar-refractivity contribution is 0.554. The van der Waals surface area contributed by atoms with Crippen molar-refractivity contribution in [1.29, 1.82) is 0 Å². The summed E-state index contributed by atoms with van der Waals surface area (Å²) in [5.74, 6) is 1.66. The van der Waals surface area contributed by atoms with Crippen molar-refractivity contribution in [2.75, 3.05) is 5.75 Å². The first-order valence-electron chi connectivity index (χ1n) is 9.20. The molecule has 1 aromatic heterocycles. The largest absolute Gasteiger partial charge is 0.299 e. The average molecular weight is 426 g/mol. The van der Waals surface area contributed by atoms with Gasteiger partial charge in [-0.1, -0.05) is 46.3 Å². The Bertz CT molecular complexity index is 1080. The zero-order valence-electron chi connectivity index (χ0n) is 14.7. The van der Waals surface area contributed by atoms with E-state index < -0.39 is 0 Å². The minimum atomic E-state index is 0.165. The maximum atomic E-state index is 12.8. The topological polar surface area (TPSA) is 22.0 Å². The molecule has 2 nitrogen and oxygen atoms in total. The molecule has 2 aromatic carbocycles. The van der Waals surface area contributed by atoms with E-state index in [2.05, 4.69) is 59.3 Å². The first kappa shape index (κ1) is 16.6. The van der Waals surface area contributed by atoms with Gasteiger partial charge in [-0.2, -0.15) is 0 Å². The summed E-state index contributed by atoms with van der Waals surface area (Å²) in [5, 5.41) is 3.74. The summed E-state index contributed by atoms with van der Waals surface area (Å²) in [6.07, 6.45) is 3.35. The van der Waals surface area contributed by atoms with Crippen LogP contribution in [0.1, 0.15) is 48.4 Å². The van der Waals surface area contributed by atoms with Crippen molar-refractivity contribution in [3.8, 4) is 0 Å². The third kappa shape index (κ3) is 2.66. The van der Waals surface area contributed by atoms with Gasteiger partial charge in [0.25, 0.3) is 5.56 Å². The Labute approximate surface area is 165 Å². The minimum Gasteiger partial charge on any atom is -0.299 e. The number of rotatable bonds is 3. The third-order valence-corrected chi connectivity index (χ3v) is 7.59. The van der Waals surface area contributed by atoms with Crippen molar-refractivity contribution in [3.63, 3.8) is 0 Å². The van der Waals surface area contributed by atoms with Crippen LogP contribution < -0.4 is 5.56 Å². The molecule has 1 saturated carbocycles. The summed E-state index contributed by atoms with van der Waals surface area (Å²) < 4.78 is 3.15. The van der Waals surface area contributed by atoms with Gasteiger partial charge < -0.3 is 0 Å². The van der Waals surface area contributed by atoms with Crippen LogP contribution >= 0.6 is 27.7 Å². The smallest absolute Gasteiger partial charge is 0.251 e. The van der Waals surface area contributed by atoms with Crippen molar-refractivity contribution in [2.45, 2.75) is 43.2 Å². The van der Waals surface area contributed by atoms with Crippen molar-refractivity contribution in [1.82, 2.24) is 4.57 Å². The molecule has 5 rings (SSSR count). The molecule has 0 spiro atoms. The van der Waals surface area contributed by atoms with Gasteiger partial charge in [0.05, 0.1) is 5.03 Å². The normalized spacial score (nSPS) is 19.1. The van der Waals surface area contributed by atoms with Crippen molar-refractivity contribution in [2.24, 2.45) is 0 Å². The van der Waals surface area contributed by atoms with E-state index in [1.54, 1.807) is 0 Å². The molecule has 1 aliphatic heterocycles. The number of halogens is 1. The molecule has 1 aliphatic carbocycles. The molecule has 2 aliphatic rings. The van der Waals surface area contributed by atoms with Gasteiger partial charge in [0.15, 0.2) is 0 Å². The standard InChI is InChI=1S/C22H20BrNOS/c1-13-12-26-22-21(14-6-7-14)16(11-20(25)24(13)22)10-15-8-9-19(23)18-5-3-2-4-17(15)18/h2-5,8-9,11,13-14H,6-7,10,12H2,1H3. The Balaban J connectivity index is 1.68. The number of benzene rings is 2. The molecule has 0 radical (unpaired) electrons. The van der Waals surface area contributed by atoms with Gasteiger partial charge >= 0.3 is 0 Å². The predicted octanol–water partition coefficient (Wildman–Crippen LogP) is 5.90. The SMILES string of the molecule is CC1CSc2c(C3CC3)c(Cc3ccc(Br)c4ccccc34)cc(=O)n21. The van der Waals surface area contributed by atoms with E-state index in [0.717, 1.165) is 16.6 Å². The van der Waals surface area contributed by atoms with Crippen LogP contribution in [0.2, 0.25) is 0 Å². The first-order valence-corrected chi connectivity index (χ1v) is 11.0. The van der Waals surface area contributed by atoms with Crippen LogP contribution in [0.25, 0.3) is 10.8 Å². The molecule has 0 amide bonds. The monoisotopic (exact) mass is 425 g/mol. The van der Waals surface area contributed by atoms with Crippen LogP contribution in [0.3, 0.4) is 0 Å². The number of hydrogen-bond acceptors (Lipinski definition) is 2. The number of aromatic nitrogens is 1. The second-order valence-electron chi connectivity index (χ2n) is 7.46. The van der Waals surface area contributed by atoms with E-state index in [0.29, 0.717) is 12.0 Å². The molecule has 0 N–H and O–H groups in total. The molecule has 4 heteroatoms. The molecule has 26 heavy (non-hydrogen) atoms. The minimum absolute atomic E-state index is 0.165. The molecule has 1 atom stereocenters. The van der Waals surface area contributed by atoms with E-state index in [1.807, 2.05) is 22.4 Å². The van der Waals surface area contributed by atoms with Crippen LogP contribution in [0.15, 0.2) is 56.8 Å². The van der Waals surface area contributed by atoms with E-state index in [9.17, 15) is 4.79 Å². The highest BCUT2D eigenvalue weighted by molar-refractivity contribution is 9.10. The molecule has 132 valence electrons. The quantitative estimate of drug-likeness (QED) is 0.520. The fourth-order valence-electron chi connectivity index (χ4n) is 4.14. The summed E-state index contributed by atoms with van der Waals surface area (Å²) in [6.45, 7) is 2.16. The van der Waals surface area contributed by atoms with E-state index in [-0.39, 0.29) is 5.56 Å². The summed E-state index contributed by atoms with van der Waals surface area (Å²) in [7, 11) is 0. The van der Waals surface area contributed by atoms with Crippen molar-refractivity contribution >= 4 is 38.5 Å². The summed E-state index contributed by atoms with van der Waals surface area (Å²) in [4.78, 5) is 12.8. The fourth-order valence-corrected chi connectivity index (χ4v) is 6.03. The highest BCUT2D eigenvalue weighted by Crippen LogP contribution is 2.48. The molecular weight excluding hydrogens is 406 g/mol. The van der Waals surface area contributed by atoms with Gasteiger partial charge in [-0.25, -0.2) is 0 Å². The fraction of sp³-hybridized carbons (Fsp3) is 0.318. The Hall–Kier alpha value is -1.52. The predicted molar refractivity (Wildman–Crippen MR) is 113 cm³/mol. The maximum absolute atomic E-state index is 12.8. The number of nitrogens with zero attached hydrogens (tertiary/aromatic N) is 1. The summed E-state index contributed by atoms with van der Waals surface area (Å²) in [5.41, 5.74) is 4.15. The highest BCUT2D eigenvalue weighted by Gasteiger charge is 2.34. The molecule has 1 fully saturated rings. The van der Waals surface area contributed by atoms with Gasteiger partial charge in [-0.05, 0) is 65.6 Å². The molecule has 0 saturated heterocycles. The molecule has 3 aromatic rings. The van der Waals surface area contributed by atoms with Gasteiger partial charge in [0.2, 0.25) is 0 Å². The number of thioether (sulfide) groups is 1. The van der Waals surface area contributed by atoms with Crippen LogP contribution in [0.4, 0.5) is 0 Å². The van der Waals surface area contributed by atoms with Gasteiger partial charge in [-0.3, -0.25) is 9.36 Å². The number of pyridine rings is 1. The lowest BCUT2D eigenvalue weighted by atomic mass is 9.95. The van der Waals surface area contributed by atoms with Gasteiger partial charge in [-0.15, -0.1) is 11.8 Å². The number of hydrogen-bond donors (Lipinski definition) is 0. The molecule has 0 bridgehead atoms. The van der Waals surface area contributed by atoms with E-state index in [4.69, 9.17) is 0 Å². The van der Waals surface area contributed by atoms with Crippen LogP contribution in [0, 0.1) is 0 Å². The van der Waals surface area contributed by atoms with Crippen LogP contribution in [-0.4, -0.2) is 10.3 Å². The first-order chi connectivity index (χ1) is 12.6. The third-order valence-electron chi connectivity index (χ3n) is 5.56. The van der Waals surface area contributed by atoms with Crippen molar-refractivity contribution in [3.05, 3.63) is 74.0 Å². The molecular formula is C22H20BrNOS. The van der Waals surface area contributed by atoms with E-state index >= 15 is 0 Å². The Morgan fingerprint density at radius 1 is 1.12 bits per heavy atom. The Kier molecular flexibility index (Phi) is 4.02. The summed E-state index contributed by atoms with van der Waals surface area (Å²) in [6, 6.07) is 15.1. The lowest BCUT2D eigenvalue weighted by Gasteiger charge is -2.17. The van der Waals surface area contributed by atoms with Crippen LogP contribution in [0.5, 0.6) is 0 Å². The maximum Gasteiger partial charge on any atom is 0.251 e. The zero-order valence-corrected chi connectivity index (χ0v) is 17.1.